The van der Waals surface area contributed by atoms with Gasteiger partial charge in [0.1, 0.15) is 0 Å². The molecule has 0 aliphatic carbocycles. The molecule has 1 rings (SSSR count). The van der Waals surface area contributed by atoms with Gasteiger partial charge in [-0.1, -0.05) is 45.9 Å². The first kappa shape index (κ1) is 23.7. The van der Waals surface area contributed by atoms with Crippen molar-refractivity contribution in [3.63, 3.8) is 0 Å². The van der Waals surface area contributed by atoms with Crippen LogP contribution in [0.3, 0.4) is 0 Å². The van der Waals surface area contributed by atoms with E-state index in [0.717, 1.165) is 6.92 Å². The fourth-order valence-electron chi connectivity index (χ4n) is 2.59. The number of benzene rings is 1. The highest BCUT2D eigenvalue weighted by Crippen LogP contribution is 2.37. The first-order valence-electron chi connectivity index (χ1n) is 8.39. The van der Waals surface area contributed by atoms with Gasteiger partial charge in [-0.2, -0.15) is 26.3 Å². The number of hydrogen-bond acceptors (Lipinski definition) is 3. The van der Waals surface area contributed by atoms with E-state index in [9.17, 15) is 36.2 Å². The van der Waals surface area contributed by atoms with E-state index in [1.54, 1.807) is 45.9 Å². The molecule has 0 radical (unpaired) electrons. The van der Waals surface area contributed by atoms with Crippen molar-refractivity contribution in [2.24, 2.45) is 4.99 Å². The van der Waals surface area contributed by atoms with Gasteiger partial charge in [0.15, 0.2) is 0 Å². The van der Waals surface area contributed by atoms with Crippen LogP contribution < -0.4 is 0 Å². The molecular weight excluding hydrogens is 388 g/mol. The Kier molecular flexibility index (Phi) is 7.08. The number of para-hydroxylation sites is 1. The molecule has 0 heterocycles. The molecule has 0 spiro atoms. The molecule has 0 bridgehead atoms. The zero-order valence-corrected chi connectivity index (χ0v) is 16.0. The number of rotatable bonds is 5. The molecule has 9 heteroatoms. The summed E-state index contributed by atoms with van der Waals surface area (Å²) in [4.78, 5) is 15.5. The van der Waals surface area contributed by atoms with Crippen LogP contribution in [0.4, 0.5) is 32.0 Å². The Labute approximate surface area is 158 Å². The number of carbonyl (C=O) groups is 1. The molecule has 0 aliphatic rings. The van der Waals surface area contributed by atoms with Gasteiger partial charge >= 0.3 is 12.4 Å². The standard InChI is InChI=1S/C19H21F6NO2/c1-9(2)12-7-6-8-13(10(3)4)15(12)26-11(5)14(16(27)18(20,21)22)17(28)19(23,24)25/h6-10,27H,1-5H3/b16-14+,26-11?. The van der Waals surface area contributed by atoms with Crippen LogP contribution in [-0.2, 0) is 4.79 Å². The highest BCUT2D eigenvalue weighted by molar-refractivity contribution is 6.24. The summed E-state index contributed by atoms with van der Waals surface area (Å²) >= 11 is 0. The topological polar surface area (TPSA) is 49.7 Å². The number of Topliss-reactive ketones (excluding diaryl/α,β-unsaturated/α-hetero) is 1. The van der Waals surface area contributed by atoms with Gasteiger partial charge in [-0.3, -0.25) is 9.79 Å². The minimum absolute atomic E-state index is 0.132. The fraction of sp³-hybridized carbons (Fsp3) is 0.474. The largest absolute Gasteiger partial charge is 0.504 e. The molecule has 3 nitrogen and oxygen atoms in total. The van der Waals surface area contributed by atoms with Crippen LogP contribution in [-0.4, -0.2) is 29.0 Å². The van der Waals surface area contributed by atoms with Gasteiger partial charge in [-0.05, 0) is 29.9 Å². The smallest absolute Gasteiger partial charge is 0.455 e. The van der Waals surface area contributed by atoms with Crippen molar-refractivity contribution in [3.05, 3.63) is 40.7 Å². The summed E-state index contributed by atoms with van der Waals surface area (Å²) in [6, 6.07) is 5.02. The van der Waals surface area contributed by atoms with Crippen molar-refractivity contribution >= 4 is 17.2 Å². The van der Waals surface area contributed by atoms with Crippen molar-refractivity contribution in [1.29, 1.82) is 0 Å². The minimum atomic E-state index is -5.61. The van der Waals surface area contributed by atoms with Crippen molar-refractivity contribution < 1.29 is 36.2 Å². The van der Waals surface area contributed by atoms with Crippen LogP contribution in [0.25, 0.3) is 0 Å². The van der Waals surface area contributed by atoms with E-state index >= 15 is 0 Å². The lowest BCUT2D eigenvalue weighted by atomic mass is 9.92. The Morgan fingerprint density at radius 2 is 1.36 bits per heavy atom. The molecule has 0 fully saturated rings. The van der Waals surface area contributed by atoms with E-state index in [1.165, 1.54) is 0 Å². The number of halogens is 6. The average Bonchev–Trinajstić information content (AvgIpc) is 2.52. The van der Waals surface area contributed by atoms with Crippen LogP contribution in [0.5, 0.6) is 0 Å². The lowest BCUT2D eigenvalue weighted by molar-refractivity contribution is -0.167. The van der Waals surface area contributed by atoms with Crippen molar-refractivity contribution in [3.8, 4) is 0 Å². The lowest BCUT2D eigenvalue weighted by Crippen LogP contribution is -2.31. The van der Waals surface area contributed by atoms with Gasteiger partial charge < -0.3 is 5.11 Å². The fourth-order valence-corrected chi connectivity index (χ4v) is 2.59. The molecule has 156 valence electrons. The molecule has 0 unspecified atom stereocenters. The molecule has 28 heavy (non-hydrogen) atoms. The molecular formula is C19H21F6NO2. The number of hydrogen-bond donors (Lipinski definition) is 1. The molecule has 0 aromatic heterocycles. The number of aliphatic hydroxyl groups is 1. The summed E-state index contributed by atoms with van der Waals surface area (Å²) in [6.45, 7) is 8.00. The molecule has 0 amide bonds. The van der Waals surface area contributed by atoms with Crippen molar-refractivity contribution in [1.82, 2.24) is 0 Å². The molecule has 0 saturated heterocycles. The normalized spacial score (nSPS) is 14.5. The summed E-state index contributed by atoms with van der Waals surface area (Å²) in [7, 11) is 0. The number of aliphatic hydroxyl groups excluding tert-OH is 1. The maximum Gasteiger partial charge on any atom is 0.455 e. The number of ketones is 1. The zero-order valence-electron chi connectivity index (χ0n) is 16.0. The Morgan fingerprint density at radius 1 is 0.929 bits per heavy atom. The lowest BCUT2D eigenvalue weighted by Gasteiger charge is -2.18. The van der Waals surface area contributed by atoms with E-state index in [2.05, 4.69) is 4.99 Å². The highest BCUT2D eigenvalue weighted by Gasteiger charge is 2.48. The number of allylic oxidation sites excluding steroid dienone is 2. The predicted octanol–water partition coefficient (Wildman–Crippen LogP) is 6.53. The van der Waals surface area contributed by atoms with Gasteiger partial charge in [-0.25, -0.2) is 0 Å². The second kappa shape index (κ2) is 8.36. The van der Waals surface area contributed by atoms with E-state index < -0.39 is 35.2 Å². The molecule has 0 atom stereocenters. The quantitative estimate of drug-likeness (QED) is 0.260. The average molecular weight is 409 g/mol. The van der Waals surface area contributed by atoms with Gasteiger partial charge in [0.2, 0.25) is 5.76 Å². The van der Waals surface area contributed by atoms with E-state index in [4.69, 9.17) is 0 Å². The third-order valence-corrected chi connectivity index (χ3v) is 3.97. The summed E-state index contributed by atoms with van der Waals surface area (Å²) in [5.41, 5.74) is -1.40. The molecule has 1 aromatic rings. The van der Waals surface area contributed by atoms with E-state index in [0.29, 0.717) is 11.1 Å². The Balaban J connectivity index is 3.83. The number of nitrogens with zero attached hydrogens (tertiary/aromatic N) is 1. The molecule has 0 saturated carbocycles. The summed E-state index contributed by atoms with van der Waals surface area (Å²) in [6.07, 6.45) is -11.1. The van der Waals surface area contributed by atoms with Gasteiger partial charge in [-0.15, -0.1) is 0 Å². The predicted molar refractivity (Wildman–Crippen MR) is 94.2 cm³/mol. The second-order valence-electron chi connectivity index (χ2n) is 6.84. The highest BCUT2D eigenvalue weighted by atomic mass is 19.4. The zero-order chi connectivity index (χ0) is 22.0. The van der Waals surface area contributed by atoms with E-state index in [-0.39, 0.29) is 17.5 Å². The Hall–Kier alpha value is -2.32. The van der Waals surface area contributed by atoms with Crippen LogP contribution in [0.1, 0.15) is 57.6 Å². The molecule has 1 N–H and O–H groups in total. The summed E-state index contributed by atoms with van der Waals surface area (Å²) in [5, 5.41) is 9.34. The third kappa shape index (κ3) is 5.36. The van der Waals surface area contributed by atoms with Crippen LogP contribution in [0.2, 0.25) is 0 Å². The minimum Gasteiger partial charge on any atom is -0.504 e. The van der Waals surface area contributed by atoms with Gasteiger partial charge in [0.05, 0.1) is 17.0 Å². The van der Waals surface area contributed by atoms with Gasteiger partial charge in [0, 0.05) is 0 Å². The number of aliphatic imine (C=N–C) groups is 1. The maximum atomic E-state index is 12.9. The number of alkyl halides is 6. The van der Waals surface area contributed by atoms with Crippen LogP contribution in [0.15, 0.2) is 34.5 Å². The summed E-state index contributed by atoms with van der Waals surface area (Å²) in [5.74, 6) is -5.69. The van der Waals surface area contributed by atoms with Crippen molar-refractivity contribution in [2.45, 2.75) is 58.8 Å². The number of carbonyl (C=O) groups excluding carboxylic acids is 1. The summed E-state index contributed by atoms with van der Waals surface area (Å²) < 4.78 is 77.2. The first-order chi connectivity index (χ1) is 12.6. The molecule has 0 aliphatic heterocycles. The first-order valence-corrected chi connectivity index (χ1v) is 8.39. The Bertz CT molecular complexity index is 775. The second-order valence-corrected chi connectivity index (χ2v) is 6.84. The van der Waals surface area contributed by atoms with Crippen LogP contribution in [0, 0.1) is 0 Å². The molecule has 1 aromatic carbocycles. The van der Waals surface area contributed by atoms with E-state index in [1.807, 2.05) is 0 Å². The monoisotopic (exact) mass is 409 g/mol. The maximum absolute atomic E-state index is 12.9. The van der Waals surface area contributed by atoms with Crippen molar-refractivity contribution in [2.75, 3.05) is 0 Å². The SMILES string of the molecule is CC(=Nc1c(C(C)C)cccc1C(C)C)/C(C(=O)C(F)(F)F)=C(\O)C(F)(F)F. The van der Waals surface area contributed by atoms with Crippen LogP contribution >= 0.6 is 0 Å². The third-order valence-electron chi connectivity index (χ3n) is 3.97. The Morgan fingerprint density at radius 3 is 1.68 bits per heavy atom. The van der Waals surface area contributed by atoms with Gasteiger partial charge in [0.25, 0.3) is 5.78 Å².